The van der Waals surface area contributed by atoms with E-state index >= 15 is 0 Å². The molecule has 0 bridgehead atoms. The van der Waals surface area contributed by atoms with Gasteiger partial charge in [0.25, 0.3) is 0 Å². The molecule has 0 aliphatic rings. The van der Waals surface area contributed by atoms with Crippen molar-refractivity contribution in [2.75, 3.05) is 19.6 Å². The van der Waals surface area contributed by atoms with Crippen molar-refractivity contribution in [3.05, 3.63) is 15.8 Å². The van der Waals surface area contributed by atoms with E-state index in [1.807, 2.05) is 26.8 Å². The molecule has 0 aliphatic heterocycles. The summed E-state index contributed by atoms with van der Waals surface area (Å²) < 4.78 is 27.2. The van der Waals surface area contributed by atoms with Crippen LogP contribution in [-0.2, 0) is 16.6 Å². The van der Waals surface area contributed by atoms with E-state index in [1.165, 1.54) is 0 Å². The van der Waals surface area contributed by atoms with Gasteiger partial charge < -0.3 is 5.32 Å². The fraction of sp³-hybridized carbons (Fsp3) is 0.733. The van der Waals surface area contributed by atoms with Crippen LogP contribution < -0.4 is 5.32 Å². The minimum absolute atomic E-state index is 0.489. The lowest BCUT2D eigenvalue weighted by molar-refractivity contribution is 0.410. The molecule has 122 valence electrons. The van der Waals surface area contributed by atoms with Crippen LogP contribution in [0.2, 0.25) is 0 Å². The van der Waals surface area contributed by atoms with E-state index in [0.717, 1.165) is 42.1 Å². The van der Waals surface area contributed by atoms with Crippen molar-refractivity contribution in [3.8, 4) is 0 Å². The van der Waals surface area contributed by atoms with Crippen molar-refractivity contribution in [2.24, 2.45) is 0 Å². The summed E-state index contributed by atoms with van der Waals surface area (Å²) in [6.07, 6.45) is 2.76. The highest BCUT2D eigenvalue weighted by Crippen LogP contribution is 2.28. The first-order valence-electron chi connectivity index (χ1n) is 7.77. The Kier molecular flexibility index (Phi) is 7.87. The van der Waals surface area contributed by atoms with Gasteiger partial charge >= 0.3 is 0 Å². The second-order valence-corrected chi connectivity index (χ2v) is 8.46. The largest absolute Gasteiger partial charge is 0.312 e. The molecule has 1 aromatic heterocycles. The quantitative estimate of drug-likeness (QED) is 0.668. The first kappa shape index (κ1) is 18.6. The van der Waals surface area contributed by atoms with Crippen LogP contribution in [0.3, 0.4) is 0 Å². The van der Waals surface area contributed by atoms with Crippen LogP contribution in [-0.4, -0.2) is 32.4 Å². The van der Waals surface area contributed by atoms with E-state index in [1.54, 1.807) is 15.6 Å². The van der Waals surface area contributed by atoms with Gasteiger partial charge in [0.2, 0.25) is 10.0 Å². The summed E-state index contributed by atoms with van der Waals surface area (Å²) in [5, 5.41) is 3.32. The predicted molar refractivity (Wildman–Crippen MR) is 90.4 cm³/mol. The minimum atomic E-state index is -3.35. The molecule has 0 spiro atoms. The van der Waals surface area contributed by atoms with Gasteiger partial charge in [0.15, 0.2) is 0 Å². The lowest BCUT2D eigenvalue weighted by Crippen LogP contribution is -2.32. The molecule has 0 unspecified atom stereocenters. The minimum Gasteiger partial charge on any atom is -0.312 e. The summed E-state index contributed by atoms with van der Waals surface area (Å²) >= 11 is 1.58. The maximum atomic E-state index is 12.8. The molecule has 0 atom stereocenters. The summed E-state index contributed by atoms with van der Waals surface area (Å²) in [6.45, 7) is 10.9. The number of thiophene rings is 1. The maximum Gasteiger partial charge on any atom is 0.244 e. The third kappa shape index (κ3) is 5.06. The number of nitrogens with one attached hydrogen (secondary N) is 1. The van der Waals surface area contributed by atoms with Crippen molar-refractivity contribution in [1.29, 1.82) is 0 Å². The monoisotopic (exact) mass is 332 g/mol. The van der Waals surface area contributed by atoms with E-state index in [2.05, 4.69) is 12.2 Å². The zero-order chi connectivity index (χ0) is 15.9. The molecule has 0 aliphatic carbocycles. The lowest BCUT2D eigenvalue weighted by Gasteiger charge is -2.20. The Hall–Kier alpha value is -0.430. The maximum absolute atomic E-state index is 12.8. The van der Waals surface area contributed by atoms with Gasteiger partial charge in [-0.3, -0.25) is 0 Å². The molecule has 0 fully saturated rings. The first-order chi connectivity index (χ1) is 9.97. The highest BCUT2D eigenvalue weighted by atomic mass is 32.2. The lowest BCUT2D eigenvalue weighted by atomic mass is 10.4. The smallest absolute Gasteiger partial charge is 0.244 e. The summed E-state index contributed by atoms with van der Waals surface area (Å²) in [5.74, 6) is 0. The molecule has 0 amide bonds. The Balaban J connectivity index is 2.96. The van der Waals surface area contributed by atoms with Gasteiger partial charge in [-0.15, -0.1) is 11.3 Å². The van der Waals surface area contributed by atoms with Crippen LogP contribution in [0.15, 0.2) is 11.0 Å². The van der Waals surface area contributed by atoms with Crippen LogP contribution in [0, 0.1) is 6.92 Å². The molecule has 0 saturated carbocycles. The van der Waals surface area contributed by atoms with E-state index in [-0.39, 0.29) is 0 Å². The predicted octanol–water partition coefficient (Wildman–Crippen LogP) is 3.37. The molecule has 1 N–H and O–H groups in total. The Labute approximate surface area is 133 Å². The molecule has 1 rings (SSSR count). The first-order valence-corrected chi connectivity index (χ1v) is 10.0. The molecule has 0 saturated heterocycles. The van der Waals surface area contributed by atoms with Crippen LogP contribution >= 0.6 is 11.3 Å². The van der Waals surface area contributed by atoms with Crippen LogP contribution in [0.5, 0.6) is 0 Å². The van der Waals surface area contributed by atoms with Crippen molar-refractivity contribution in [2.45, 2.75) is 58.4 Å². The average Bonchev–Trinajstić information content (AvgIpc) is 2.81. The van der Waals surface area contributed by atoms with Gasteiger partial charge in [-0.1, -0.05) is 20.8 Å². The number of hydrogen-bond acceptors (Lipinski definition) is 4. The molecule has 6 heteroatoms. The zero-order valence-electron chi connectivity index (χ0n) is 13.6. The number of rotatable bonds is 10. The molecule has 0 aromatic carbocycles. The summed E-state index contributed by atoms with van der Waals surface area (Å²) in [7, 11) is -3.35. The fourth-order valence-corrected chi connectivity index (χ4v) is 5.44. The second kappa shape index (κ2) is 8.88. The Morgan fingerprint density at radius 2 is 1.76 bits per heavy atom. The molecule has 0 radical (unpaired) electrons. The van der Waals surface area contributed by atoms with E-state index in [4.69, 9.17) is 0 Å². The number of nitrogens with zero attached hydrogens (tertiary/aromatic N) is 1. The summed E-state index contributed by atoms with van der Waals surface area (Å²) in [5.41, 5.74) is 0. The molecule has 4 nitrogen and oxygen atoms in total. The van der Waals surface area contributed by atoms with Crippen LogP contribution in [0.25, 0.3) is 0 Å². The second-order valence-electron chi connectivity index (χ2n) is 5.21. The molecular formula is C15H28N2O2S2. The van der Waals surface area contributed by atoms with Gasteiger partial charge in [0.05, 0.1) is 4.90 Å². The van der Waals surface area contributed by atoms with Crippen molar-refractivity contribution in [1.82, 2.24) is 9.62 Å². The Morgan fingerprint density at radius 3 is 2.29 bits per heavy atom. The SMILES string of the molecule is CCCNCc1cc(S(=O)(=O)N(CCC)CCC)c(C)s1. The van der Waals surface area contributed by atoms with Gasteiger partial charge in [0, 0.05) is 29.4 Å². The van der Waals surface area contributed by atoms with Crippen LogP contribution in [0.4, 0.5) is 0 Å². The third-order valence-electron chi connectivity index (χ3n) is 3.21. The normalized spacial score (nSPS) is 12.2. The van der Waals surface area contributed by atoms with E-state index in [0.29, 0.717) is 18.0 Å². The van der Waals surface area contributed by atoms with Crippen molar-refractivity contribution in [3.63, 3.8) is 0 Å². The number of sulfonamides is 1. The Morgan fingerprint density at radius 1 is 1.14 bits per heavy atom. The third-order valence-corrected chi connectivity index (χ3v) is 6.42. The average molecular weight is 333 g/mol. The summed E-state index contributed by atoms with van der Waals surface area (Å²) in [4.78, 5) is 2.47. The van der Waals surface area contributed by atoms with Gasteiger partial charge in [-0.2, -0.15) is 4.31 Å². The van der Waals surface area contributed by atoms with E-state index < -0.39 is 10.0 Å². The standard InChI is InChI=1S/C15H28N2O2S2/c1-5-8-16-12-14-11-15(13(4)20-14)21(18,19)17(9-6-2)10-7-3/h11,16H,5-10,12H2,1-4H3. The zero-order valence-corrected chi connectivity index (χ0v) is 15.2. The number of aryl methyl sites for hydroxylation is 1. The van der Waals surface area contributed by atoms with Crippen molar-refractivity contribution < 1.29 is 8.42 Å². The van der Waals surface area contributed by atoms with E-state index in [9.17, 15) is 8.42 Å². The molecule has 1 heterocycles. The van der Waals surface area contributed by atoms with Crippen LogP contribution in [0.1, 0.15) is 49.8 Å². The van der Waals surface area contributed by atoms with Gasteiger partial charge in [0.1, 0.15) is 0 Å². The topological polar surface area (TPSA) is 49.4 Å². The summed E-state index contributed by atoms with van der Waals surface area (Å²) in [6, 6.07) is 1.84. The van der Waals surface area contributed by atoms with Gasteiger partial charge in [-0.25, -0.2) is 8.42 Å². The van der Waals surface area contributed by atoms with Gasteiger partial charge in [-0.05, 0) is 38.8 Å². The number of hydrogen-bond donors (Lipinski definition) is 1. The molecular weight excluding hydrogens is 304 g/mol. The molecule has 1 aromatic rings. The fourth-order valence-electron chi connectivity index (χ4n) is 2.25. The Bertz CT molecular complexity index is 518. The molecule has 21 heavy (non-hydrogen) atoms. The highest BCUT2D eigenvalue weighted by Gasteiger charge is 2.26. The highest BCUT2D eigenvalue weighted by molar-refractivity contribution is 7.89. The van der Waals surface area contributed by atoms with Crippen molar-refractivity contribution >= 4 is 21.4 Å².